The quantitative estimate of drug-likeness (QED) is 0.389. The Morgan fingerprint density at radius 3 is 2.67 bits per heavy atom. The van der Waals surface area contributed by atoms with Gasteiger partial charge >= 0.3 is 5.97 Å². The number of ether oxygens (including phenoxy) is 4. The summed E-state index contributed by atoms with van der Waals surface area (Å²) in [7, 11) is 0. The van der Waals surface area contributed by atoms with Crippen LogP contribution in [0.25, 0.3) is 5.76 Å². The summed E-state index contributed by atoms with van der Waals surface area (Å²) in [4.78, 5) is 9.96. The van der Waals surface area contributed by atoms with E-state index >= 15 is 0 Å². The maximum atomic E-state index is 10.4. The van der Waals surface area contributed by atoms with Crippen LogP contribution in [-0.4, -0.2) is 53.8 Å². The molecule has 2 aliphatic heterocycles. The van der Waals surface area contributed by atoms with E-state index in [4.69, 9.17) is 19.3 Å². The van der Waals surface area contributed by atoms with Gasteiger partial charge in [-0.15, -0.1) is 0 Å². The molecule has 166 valence electrons. The summed E-state index contributed by atoms with van der Waals surface area (Å²) in [5.74, 6) is 1.15. The Morgan fingerprint density at radius 2 is 2.03 bits per heavy atom. The highest BCUT2D eigenvalue weighted by molar-refractivity contribution is 5.73. The van der Waals surface area contributed by atoms with E-state index < -0.39 is 6.10 Å². The van der Waals surface area contributed by atoms with Crippen LogP contribution < -0.4 is 9.47 Å². The molecule has 0 aliphatic carbocycles. The third-order valence-corrected chi connectivity index (χ3v) is 4.34. The molecule has 0 spiro atoms. The fraction of sp³-hybridized carbons (Fsp3) is 0.500. The molecule has 0 fully saturated rings. The van der Waals surface area contributed by atoms with E-state index in [0.29, 0.717) is 35.8 Å². The van der Waals surface area contributed by atoms with Gasteiger partial charge in [0.2, 0.25) is 0 Å². The summed E-state index contributed by atoms with van der Waals surface area (Å²) in [5.41, 5.74) is 0.501. The number of unbranched alkanes of at least 4 members (excludes halogenated alkanes) is 3. The fourth-order valence-corrected chi connectivity index (χ4v) is 2.71. The first-order valence-corrected chi connectivity index (χ1v) is 10.1. The van der Waals surface area contributed by atoms with Crippen molar-refractivity contribution in [1.29, 1.82) is 0 Å². The minimum atomic E-state index is -0.962. The summed E-state index contributed by atoms with van der Waals surface area (Å²) in [6.45, 7) is 2.41. The Hall–Kier alpha value is -2.71. The van der Waals surface area contributed by atoms with Gasteiger partial charge in [-0.3, -0.25) is 4.79 Å². The zero-order valence-corrected chi connectivity index (χ0v) is 17.2. The van der Waals surface area contributed by atoms with Crippen LogP contribution in [0.1, 0.15) is 44.6 Å². The molecule has 30 heavy (non-hydrogen) atoms. The van der Waals surface area contributed by atoms with E-state index in [1.54, 1.807) is 24.3 Å². The normalized spacial score (nSPS) is 15.5. The van der Waals surface area contributed by atoms with Crippen molar-refractivity contribution in [2.45, 2.75) is 45.1 Å². The number of fused-ring (bicyclic) bond motifs is 1. The number of benzene rings is 1. The van der Waals surface area contributed by atoms with Crippen molar-refractivity contribution in [3.8, 4) is 11.5 Å². The molecule has 2 heterocycles. The van der Waals surface area contributed by atoms with Crippen molar-refractivity contribution in [1.82, 2.24) is 0 Å². The second kappa shape index (κ2) is 12.8. The Morgan fingerprint density at radius 1 is 1.20 bits per heavy atom. The van der Waals surface area contributed by atoms with Gasteiger partial charge in [-0.05, 0) is 24.6 Å². The van der Waals surface area contributed by atoms with Gasteiger partial charge in [-0.1, -0.05) is 32.3 Å². The summed E-state index contributed by atoms with van der Waals surface area (Å²) in [6, 6.07) is 5.13. The number of carbonyl (C=O) groups excluding carboxylic acids is 1. The lowest BCUT2D eigenvalue weighted by Crippen LogP contribution is -2.22. The molecule has 0 aromatic heterocycles. The lowest BCUT2D eigenvalue weighted by atomic mass is 10.1. The van der Waals surface area contributed by atoms with E-state index in [1.807, 2.05) is 0 Å². The van der Waals surface area contributed by atoms with E-state index in [0.717, 1.165) is 19.3 Å². The predicted octanol–water partition coefficient (Wildman–Crippen LogP) is 3.08. The number of hydrogen-bond acceptors (Lipinski definition) is 8. The molecule has 8 heteroatoms. The molecular formula is C22H30O8. The average molecular weight is 422 g/mol. The highest BCUT2D eigenvalue weighted by Gasteiger charge is 2.24. The molecular weight excluding hydrogens is 392 g/mol. The van der Waals surface area contributed by atoms with Crippen molar-refractivity contribution in [2.24, 2.45) is 0 Å². The third kappa shape index (κ3) is 7.27. The maximum Gasteiger partial charge on any atom is 0.314 e. The lowest BCUT2D eigenvalue weighted by Gasteiger charge is -2.23. The maximum absolute atomic E-state index is 10.4. The van der Waals surface area contributed by atoms with Crippen LogP contribution in [0.15, 0.2) is 36.3 Å². The number of rotatable bonds is 10. The molecule has 0 saturated carbocycles. The Balaban J connectivity index is 0.000000456. The first kappa shape index (κ1) is 23.6. The van der Waals surface area contributed by atoms with Crippen molar-refractivity contribution in [2.75, 3.05) is 26.4 Å². The molecule has 0 amide bonds. The van der Waals surface area contributed by atoms with Crippen molar-refractivity contribution in [3.63, 3.8) is 0 Å². The summed E-state index contributed by atoms with van der Waals surface area (Å²) in [5, 5.41) is 28.6. The van der Waals surface area contributed by atoms with Gasteiger partial charge < -0.3 is 34.3 Å². The molecule has 8 nitrogen and oxygen atoms in total. The molecule has 0 radical (unpaired) electrons. The molecule has 1 unspecified atom stereocenters. The first-order chi connectivity index (χ1) is 14.6. The number of hydrogen-bond donors (Lipinski definition) is 3. The average Bonchev–Trinajstić information content (AvgIpc) is 3.24. The van der Waals surface area contributed by atoms with Crippen LogP contribution in [-0.2, 0) is 14.3 Å². The molecule has 1 aromatic carbocycles. The topological polar surface area (TPSA) is 115 Å². The van der Waals surface area contributed by atoms with Gasteiger partial charge in [0.25, 0.3) is 0 Å². The summed E-state index contributed by atoms with van der Waals surface area (Å²) >= 11 is 0. The van der Waals surface area contributed by atoms with Gasteiger partial charge in [0, 0.05) is 0 Å². The van der Waals surface area contributed by atoms with Crippen molar-refractivity contribution < 1.29 is 39.1 Å². The second-order valence-electron chi connectivity index (χ2n) is 6.82. The second-order valence-corrected chi connectivity index (χ2v) is 6.82. The lowest BCUT2D eigenvalue weighted by molar-refractivity contribution is -0.135. The predicted molar refractivity (Wildman–Crippen MR) is 110 cm³/mol. The van der Waals surface area contributed by atoms with Gasteiger partial charge in [-0.2, -0.15) is 0 Å². The number of aliphatic hydroxyl groups excluding tert-OH is 3. The largest absolute Gasteiger partial charge is 0.504 e. The highest BCUT2D eigenvalue weighted by Crippen LogP contribution is 2.39. The highest BCUT2D eigenvalue weighted by atomic mass is 16.6. The number of esters is 1. The molecule has 2 aliphatic rings. The molecule has 0 saturated heterocycles. The zero-order chi connectivity index (χ0) is 21.8. The van der Waals surface area contributed by atoms with Crippen LogP contribution in [0.2, 0.25) is 0 Å². The van der Waals surface area contributed by atoms with Gasteiger partial charge in [0.15, 0.2) is 23.0 Å². The summed E-state index contributed by atoms with van der Waals surface area (Å²) < 4.78 is 21.1. The van der Waals surface area contributed by atoms with Crippen molar-refractivity contribution >= 4 is 11.7 Å². The Kier molecular flexibility index (Phi) is 10.0. The number of carbonyl (C=O) groups is 1. The fourth-order valence-electron chi connectivity index (χ4n) is 2.71. The zero-order valence-electron chi connectivity index (χ0n) is 17.2. The SMILES string of the molecule is CCCCCCOC1=C(O)c2cccc(OCC(O)CO)c2OC1.O=C1CC=CO1. The number of para-hydroxylation sites is 1. The van der Waals surface area contributed by atoms with Gasteiger partial charge in [-0.25, -0.2) is 0 Å². The van der Waals surface area contributed by atoms with Gasteiger partial charge in [0.1, 0.15) is 19.3 Å². The smallest absolute Gasteiger partial charge is 0.314 e. The van der Waals surface area contributed by atoms with Gasteiger partial charge in [0.05, 0.1) is 31.5 Å². The first-order valence-electron chi connectivity index (χ1n) is 10.1. The Labute approximate surface area is 176 Å². The van der Waals surface area contributed by atoms with Crippen LogP contribution in [0.3, 0.4) is 0 Å². The Bertz CT molecular complexity index is 731. The van der Waals surface area contributed by atoms with Crippen LogP contribution in [0.5, 0.6) is 11.5 Å². The van der Waals surface area contributed by atoms with E-state index in [-0.39, 0.29) is 31.5 Å². The van der Waals surface area contributed by atoms with Crippen LogP contribution in [0, 0.1) is 0 Å². The van der Waals surface area contributed by atoms with E-state index in [1.165, 1.54) is 12.7 Å². The monoisotopic (exact) mass is 422 g/mol. The molecule has 1 atom stereocenters. The van der Waals surface area contributed by atoms with E-state index in [2.05, 4.69) is 11.7 Å². The molecule has 0 bridgehead atoms. The summed E-state index contributed by atoms with van der Waals surface area (Å²) in [6.07, 6.45) is 6.96. The van der Waals surface area contributed by atoms with Crippen LogP contribution >= 0.6 is 0 Å². The minimum Gasteiger partial charge on any atom is -0.504 e. The number of cyclic esters (lactones) is 1. The van der Waals surface area contributed by atoms with Crippen LogP contribution in [0.4, 0.5) is 0 Å². The third-order valence-electron chi connectivity index (χ3n) is 4.34. The van der Waals surface area contributed by atoms with E-state index in [9.17, 15) is 15.0 Å². The van der Waals surface area contributed by atoms with Crippen molar-refractivity contribution in [3.05, 3.63) is 41.9 Å². The number of aliphatic hydroxyl groups is 3. The molecule has 3 rings (SSSR count). The molecule has 3 N–H and O–H groups in total. The standard InChI is InChI=1S/C18H26O6.C4H4O2/c1-2-3-4-5-9-22-16-12-24-18-14(17(16)21)7-6-8-15(18)23-11-13(20)10-19;5-4-2-1-3-6-4/h6-8,13,19-21H,2-5,9-12H2,1H3;1,3H,2H2. The molecule has 1 aromatic rings. The minimum absolute atomic E-state index is 0.0540.